The van der Waals surface area contributed by atoms with E-state index in [1.54, 1.807) is 6.08 Å². The summed E-state index contributed by atoms with van der Waals surface area (Å²) in [5, 5.41) is 16.6. The van der Waals surface area contributed by atoms with Gasteiger partial charge in [-0.3, -0.25) is 0 Å². The maximum absolute atomic E-state index is 11.6. The van der Waals surface area contributed by atoms with Crippen molar-refractivity contribution in [2.75, 3.05) is 0 Å². The summed E-state index contributed by atoms with van der Waals surface area (Å²) in [7, 11) is 0. The van der Waals surface area contributed by atoms with Gasteiger partial charge in [-0.05, 0) is 54.7 Å². The molecule has 3 aromatic carbocycles. The van der Waals surface area contributed by atoms with E-state index >= 15 is 0 Å². The van der Waals surface area contributed by atoms with Gasteiger partial charge in [-0.2, -0.15) is 0 Å². The lowest BCUT2D eigenvalue weighted by Crippen LogP contribution is -2.53. The van der Waals surface area contributed by atoms with E-state index in [0.717, 1.165) is 34.6 Å². The first-order chi connectivity index (χ1) is 17.5. The highest BCUT2D eigenvalue weighted by Crippen LogP contribution is 2.37. The number of hydrogen-bond donors (Lipinski definition) is 1. The number of hydrogen-bond acceptors (Lipinski definition) is 3. The zero-order valence-electron chi connectivity index (χ0n) is 20.8. The molecule has 0 bridgehead atoms. The Balaban J connectivity index is 1.55. The van der Waals surface area contributed by atoms with Crippen LogP contribution in [0.15, 0.2) is 78.9 Å². The van der Waals surface area contributed by atoms with Gasteiger partial charge in [-0.25, -0.2) is 4.57 Å². The van der Waals surface area contributed by atoms with Crippen LogP contribution >= 0.6 is 0 Å². The van der Waals surface area contributed by atoms with Crippen molar-refractivity contribution in [1.29, 1.82) is 0 Å². The van der Waals surface area contributed by atoms with Gasteiger partial charge in [0.05, 0.1) is 0 Å². The molecule has 1 aromatic heterocycles. The van der Waals surface area contributed by atoms with Crippen LogP contribution in [0.25, 0.3) is 17.5 Å². The SMILES string of the molecule is Cc1cc(C)c(-n2nc3[n+](c2/C(O)=C/C=C/c2ccccc2)[C@H]2c4ccccc4C[C@H]2OC3)c(C)c1. The molecule has 0 saturated heterocycles. The smallest absolute Gasteiger partial charge is 0.309 e. The fourth-order valence-electron chi connectivity index (χ4n) is 5.78. The summed E-state index contributed by atoms with van der Waals surface area (Å²) in [6, 6.07) is 22.9. The lowest BCUT2D eigenvalue weighted by Gasteiger charge is -2.25. The van der Waals surface area contributed by atoms with Crippen LogP contribution in [0.5, 0.6) is 0 Å². The van der Waals surface area contributed by atoms with Crippen LogP contribution in [0.2, 0.25) is 0 Å². The third kappa shape index (κ3) is 3.76. The number of fused-ring (bicyclic) bond motifs is 5. The van der Waals surface area contributed by atoms with Crippen molar-refractivity contribution in [3.05, 3.63) is 124 Å². The summed E-state index contributed by atoms with van der Waals surface area (Å²) in [4.78, 5) is 0. The molecule has 1 aliphatic heterocycles. The Morgan fingerprint density at radius 1 is 1.03 bits per heavy atom. The molecule has 6 rings (SSSR count). The van der Waals surface area contributed by atoms with Gasteiger partial charge in [0.2, 0.25) is 0 Å². The van der Waals surface area contributed by atoms with Crippen molar-refractivity contribution >= 4 is 11.8 Å². The first-order valence-corrected chi connectivity index (χ1v) is 12.4. The van der Waals surface area contributed by atoms with Gasteiger partial charge in [0, 0.05) is 11.5 Å². The minimum absolute atomic E-state index is 0.0178. The Morgan fingerprint density at radius 2 is 1.75 bits per heavy atom. The van der Waals surface area contributed by atoms with Crippen molar-refractivity contribution in [1.82, 2.24) is 9.78 Å². The molecule has 0 spiro atoms. The van der Waals surface area contributed by atoms with Crippen LogP contribution < -0.4 is 4.57 Å². The van der Waals surface area contributed by atoms with Gasteiger partial charge in [-0.15, -0.1) is 0 Å². The van der Waals surface area contributed by atoms with Gasteiger partial charge < -0.3 is 9.84 Å². The molecule has 0 radical (unpaired) electrons. The zero-order valence-corrected chi connectivity index (χ0v) is 20.8. The van der Waals surface area contributed by atoms with E-state index in [9.17, 15) is 5.11 Å². The second-order valence-electron chi connectivity index (χ2n) is 9.79. The van der Waals surface area contributed by atoms with E-state index in [4.69, 9.17) is 9.84 Å². The van der Waals surface area contributed by atoms with Crippen LogP contribution in [0.1, 0.15) is 51.1 Å². The first-order valence-electron chi connectivity index (χ1n) is 12.4. The standard InChI is InChI=1S/C31H29N3O2/c1-20-16-21(2)29(22(3)17-20)34-31(26(35)15-9-12-23-10-5-4-6-11-23)33-28(32-34)19-36-27-18-24-13-7-8-14-25(24)30(27)33/h4-17,27,30H,18-19H2,1-3H3/p+1/b12-9+,26-15-/t27-,30+/m1/s1. The van der Waals surface area contributed by atoms with Crippen molar-refractivity contribution in [2.45, 2.75) is 45.9 Å². The normalized spacial score (nSPS) is 18.8. The van der Waals surface area contributed by atoms with Gasteiger partial charge in [0.15, 0.2) is 5.76 Å². The second-order valence-corrected chi connectivity index (χ2v) is 9.79. The number of aryl methyl sites for hydroxylation is 3. The minimum Gasteiger partial charge on any atom is -0.502 e. The highest BCUT2D eigenvalue weighted by atomic mass is 16.5. The Hall–Kier alpha value is -3.96. The molecule has 2 atom stereocenters. The third-order valence-electron chi connectivity index (χ3n) is 7.19. The van der Waals surface area contributed by atoms with Crippen molar-refractivity contribution in [3.63, 3.8) is 0 Å². The van der Waals surface area contributed by atoms with E-state index in [1.165, 1.54) is 16.7 Å². The molecule has 0 amide bonds. The molecule has 0 unspecified atom stereocenters. The number of nitrogens with zero attached hydrogens (tertiary/aromatic N) is 3. The first kappa shape index (κ1) is 22.5. The minimum atomic E-state index is -0.0339. The van der Waals surface area contributed by atoms with Gasteiger partial charge in [0.1, 0.15) is 24.4 Å². The molecule has 4 aromatic rings. The van der Waals surface area contributed by atoms with Crippen molar-refractivity contribution < 1.29 is 14.4 Å². The summed E-state index contributed by atoms with van der Waals surface area (Å²) < 4.78 is 10.4. The van der Waals surface area contributed by atoms with Gasteiger partial charge >= 0.3 is 11.6 Å². The summed E-state index contributed by atoms with van der Waals surface area (Å²) in [5.41, 5.74) is 8.04. The Morgan fingerprint density at radius 3 is 2.53 bits per heavy atom. The third-order valence-corrected chi connectivity index (χ3v) is 7.19. The van der Waals surface area contributed by atoms with E-state index in [-0.39, 0.29) is 17.9 Å². The highest BCUT2D eigenvalue weighted by Gasteiger charge is 2.47. The largest absolute Gasteiger partial charge is 0.502 e. The molecule has 5 heteroatoms. The van der Waals surface area contributed by atoms with Gasteiger partial charge in [0.25, 0.3) is 0 Å². The van der Waals surface area contributed by atoms with E-state index in [1.807, 2.05) is 47.2 Å². The van der Waals surface area contributed by atoms with E-state index in [2.05, 4.69) is 61.7 Å². The van der Waals surface area contributed by atoms with Crippen molar-refractivity contribution in [3.8, 4) is 5.69 Å². The lowest BCUT2D eigenvalue weighted by molar-refractivity contribution is -0.741. The fraction of sp³-hybridized carbons (Fsp3) is 0.226. The second kappa shape index (κ2) is 8.92. The van der Waals surface area contributed by atoms with Crippen molar-refractivity contribution in [2.24, 2.45) is 0 Å². The molecule has 1 N–H and O–H groups in total. The summed E-state index contributed by atoms with van der Waals surface area (Å²) in [6.07, 6.45) is 6.52. The van der Waals surface area contributed by atoms with Crippen LogP contribution in [0, 0.1) is 20.8 Å². The number of benzene rings is 3. The topological polar surface area (TPSA) is 51.2 Å². The highest BCUT2D eigenvalue weighted by molar-refractivity contribution is 5.60. The van der Waals surface area contributed by atoms with Crippen LogP contribution in [-0.2, 0) is 17.8 Å². The molecule has 2 aliphatic rings. The van der Waals surface area contributed by atoms with Gasteiger partial charge in [-0.1, -0.05) is 89.1 Å². The number of aliphatic hydroxyl groups is 1. The average Bonchev–Trinajstić information content (AvgIpc) is 3.42. The number of allylic oxidation sites excluding steroid dienone is 2. The monoisotopic (exact) mass is 476 g/mol. The lowest BCUT2D eigenvalue weighted by atomic mass is 10.0. The summed E-state index contributed by atoms with van der Waals surface area (Å²) in [5.74, 6) is 1.66. The Bertz CT molecular complexity index is 1490. The molecule has 36 heavy (non-hydrogen) atoms. The summed E-state index contributed by atoms with van der Waals surface area (Å²) >= 11 is 0. The number of aliphatic hydroxyl groups excluding tert-OH is 1. The molecule has 0 saturated carbocycles. The quantitative estimate of drug-likeness (QED) is 0.232. The predicted octanol–water partition coefficient (Wildman–Crippen LogP) is 5.74. The zero-order chi connectivity index (χ0) is 24.8. The van der Waals surface area contributed by atoms with Crippen LogP contribution in [-0.4, -0.2) is 21.0 Å². The molecule has 2 heterocycles. The number of rotatable bonds is 4. The molecular weight excluding hydrogens is 446 g/mol. The Labute approximate surface area is 211 Å². The van der Waals surface area contributed by atoms with E-state index < -0.39 is 0 Å². The maximum Gasteiger partial charge on any atom is 0.309 e. The molecular formula is C31H30N3O2+. The van der Waals surface area contributed by atoms with E-state index in [0.29, 0.717) is 12.4 Å². The fourth-order valence-corrected chi connectivity index (χ4v) is 5.78. The van der Waals surface area contributed by atoms with Crippen LogP contribution in [0.4, 0.5) is 0 Å². The molecule has 1 aliphatic carbocycles. The van der Waals surface area contributed by atoms with Crippen LogP contribution in [0.3, 0.4) is 0 Å². The molecule has 5 nitrogen and oxygen atoms in total. The number of aromatic nitrogens is 3. The maximum atomic E-state index is 11.6. The average molecular weight is 477 g/mol. The molecule has 0 fully saturated rings. The number of ether oxygens (including phenoxy) is 1. The predicted molar refractivity (Wildman–Crippen MR) is 141 cm³/mol. The summed E-state index contributed by atoms with van der Waals surface area (Å²) in [6.45, 7) is 6.72. The molecule has 180 valence electrons. The Kier molecular flexibility index (Phi) is 5.57.